The lowest BCUT2D eigenvalue weighted by Crippen LogP contribution is -2.43. The van der Waals surface area contributed by atoms with E-state index in [1.165, 1.54) is 44.9 Å². The summed E-state index contributed by atoms with van der Waals surface area (Å²) in [4.78, 5) is 0. The van der Waals surface area contributed by atoms with Crippen LogP contribution in [0, 0.1) is 23.2 Å². The molecule has 0 amide bonds. The maximum absolute atomic E-state index is 5.50. The zero-order chi connectivity index (χ0) is 15.0. The van der Waals surface area contributed by atoms with Gasteiger partial charge in [0.25, 0.3) is 0 Å². The van der Waals surface area contributed by atoms with Crippen molar-refractivity contribution in [3.63, 3.8) is 0 Å². The van der Waals surface area contributed by atoms with Gasteiger partial charge < -0.3 is 10.6 Å². The van der Waals surface area contributed by atoms with Gasteiger partial charge in [0.05, 0.1) is 0 Å². The summed E-state index contributed by atoms with van der Waals surface area (Å²) in [6.45, 7) is 1.06. The van der Waals surface area contributed by atoms with Crippen molar-refractivity contribution in [3.8, 4) is 0 Å². The molecule has 0 aliphatic heterocycles. The third-order valence-electron chi connectivity index (χ3n) is 6.18. The number of hydrogen-bond donors (Lipinski definition) is 2. The number of benzene rings is 1. The second-order valence-corrected chi connectivity index (χ2v) is 8.33. The highest BCUT2D eigenvalue weighted by molar-refractivity contribution is 7.80. The molecule has 1 aromatic rings. The Hall–Kier alpha value is -1.09. The van der Waals surface area contributed by atoms with Crippen LogP contribution >= 0.6 is 12.2 Å². The number of thiocarbonyl (C=S) groups is 1. The third kappa shape index (κ3) is 3.01. The van der Waals surface area contributed by atoms with E-state index in [0.717, 1.165) is 35.1 Å². The van der Waals surface area contributed by atoms with Crippen LogP contribution in [0.25, 0.3) is 0 Å². The standard InChI is InChI=1S/C19H26N2S/c22-18(21-17-4-2-1-3-5-17)20-13-19-7-6-14-8-15(11-19)10-16(9-14)12-19/h1-5,14-16H,6-13H2,(H2,20,21,22). The molecule has 0 heterocycles. The number of rotatable bonds is 3. The summed E-state index contributed by atoms with van der Waals surface area (Å²) in [6, 6.07) is 10.2. The van der Waals surface area contributed by atoms with Crippen molar-refractivity contribution in [2.24, 2.45) is 23.2 Å². The molecule has 22 heavy (non-hydrogen) atoms. The molecule has 0 saturated heterocycles. The molecule has 4 aliphatic carbocycles. The lowest BCUT2D eigenvalue weighted by atomic mass is 9.61. The fourth-order valence-corrected chi connectivity index (χ4v) is 5.68. The second kappa shape index (κ2) is 5.84. The first kappa shape index (κ1) is 14.5. The summed E-state index contributed by atoms with van der Waals surface area (Å²) in [6.07, 6.45) is 10.2. The van der Waals surface area contributed by atoms with Crippen LogP contribution in [0.4, 0.5) is 5.69 Å². The van der Waals surface area contributed by atoms with Crippen molar-refractivity contribution in [2.45, 2.75) is 44.9 Å². The SMILES string of the molecule is S=C(NCC12CCC3CC(CC(C3)C1)C2)Nc1ccccc1. The monoisotopic (exact) mass is 314 g/mol. The second-order valence-electron chi connectivity index (χ2n) is 7.93. The number of para-hydroxylation sites is 1. The van der Waals surface area contributed by atoms with Crippen molar-refractivity contribution in [1.82, 2.24) is 5.32 Å². The Morgan fingerprint density at radius 3 is 2.45 bits per heavy atom. The largest absolute Gasteiger partial charge is 0.362 e. The summed E-state index contributed by atoms with van der Waals surface area (Å²) in [5.74, 6) is 3.03. The predicted molar refractivity (Wildman–Crippen MR) is 95.9 cm³/mol. The van der Waals surface area contributed by atoms with E-state index in [1.54, 1.807) is 0 Å². The van der Waals surface area contributed by atoms with Crippen LogP contribution in [0.1, 0.15) is 44.9 Å². The fraction of sp³-hybridized carbons (Fsp3) is 0.632. The molecule has 4 bridgehead atoms. The fourth-order valence-electron chi connectivity index (χ4n) is 5.49. The molecule has 118 valence electrons. The van der Waals surface area contributed by atoms with Crippen LogP contribution in [0.2, 0.25) is 0 Å². The topological polar surface area (TPSA) is 24.1 Å². The van der Waals surface area contributed by atoms with E-state index in [0.29, 0.717) is 5.41 Å². The molecule has 5 rings (SSSR count). The predicted octanol–water partition coefficient (Wildman–Crippen LogP) is 4.58. The van der Waals surface area contributed by atoms with E-state index < -0.39 is 0 Å². The third-order valence-corrected chi connectivity index (χ3v) is 6.43. The Bertz CT molecular complexity index is 528. The minimum atomic E-state index is 0.515. The quantitative estimate of drug-likeness (QED) is 0.799. The molecule has 0 spiro atoms. The maximum atomic E-state index is 5.50. The van der Waals surface area contributed by atoms with E-state index >= 15 is 0 Å². The van der Waals surface area contributed by atoms with Crippen LogP contribution in [0.5, 0.6) is 0 Å². The van der Waals surface area contributed by atoms with Gasteiger partial charge in [-0.25, -0.2) is 0 Å². The van der Waals surface area contributed by atoms with Gasteiger partial charge in [-0.15, -0.1) is 0 Å². The van der Waals surface area contributed by atoms with Crippen molar-refractivity contribution in [2.75, 3.05) is 11.9 Å². The van der Waals surface area contributed by atoms with Crippen LogP contribution in [-0.4, -0.2) is 11.7 Å². The normalized spacial score (nSPS) is 35.9. The molecule has 0 aromatic heterocycles. The molecule has 1 aromatic carbocycles. The minimum absolute atomic E-state index is 0.515. The van der Waals surface area contributed by atoms with Gasteiger partial charge in [0.15, 0.2) is 5.11 Å². The molecule has 4 aliphatic rings. The Kier molecular flexibility index (Phi) is 3.85. The Morgan fingerprint density at radius 1 is 1.05 bits per heavy atom. The molecule has 3 heteroatoms. The molecule has 2 N–H and O–H groups in total. The molecule has 2 atom stereocenters. The summed E-state index contributed by atoms with van der Waals surface area (Å²) < 4.78 is 0. The Morgan fingerprint density at radius 2 is 1.73 bits per heavy atom. The Labute approximate surface area is 139 Å². The van der Waals surface area contributed by atoms with Gasteiger partial charge in [0.1, 0.15) is 0 Å². The van der Waals surface area contributed by atoms with Gasteiger partial charge in [0.2, 0.25) is 0 Å². The lowest BCUT2D eigenvalue weighted by Gasteiger charge is -2.45. The molecule has 2 unspecified atom stereocenters. The van der Waals surface area contributed by atoms with Gasteiger partial charge in [-0.3, -0.25) is 0 Å². The zero-order valence-corrected chi connectivity index (χ0v) is 14.0. The van der Waals surface area contributed by atoms with Crippen molar-refractivity contribution >= 4 is 23.0 Å². The van der Waals surface area contributed by atoms with Gasteiger partial charge in [-0.05, 0) is 92.5 Å². The zero-order valence-electron chi connectivity index (χ0n) is 13.2. The van der Waals surface area contributed by atoms with E-state index in [1.807, 2.05) is 18.2 Å². The summed E-state index contributed by atoms with van der Waals surface area (Å²) in [5.41, 5.74) is 1.59. The van der Waals surface area contributed by atoms with Gasteiger partial charge >= 0.3 is 0 Å². The van der Waals surface area contributed by atoms with Crippen molar-refractivity contribution < 1.29 is 0 Å². The van der Waals surface area contributed by atoms with E-state index in [2.05, 4.69) is 22.8 Å². The first-order valence-corrected chi connectivity index (χ1v) is 9.22. The molecule has 2 nitrogen and oxygen atoms in total. The maximum Gasteiger partial charge on any atom is 0.170 e. The average Bonchev–Trinajstić information content (AvgIpc) is 2.71. The van der Waals surface area contributed by atoms with Crippen molar-refractivity contribution in [1.29, 1.82) is 0 Å². The number of nitrogens with one attached hydrogen (secondary N) is 2. The molecule has 4 fully saturated rings. The molecular weight excluding hydrogens is 288 g/mol. The van der Waals surface area contributed by atoms with Crippen molar-refractivity contribution in [3.05, 3.63) is 30.3 Å². The van der Waals surface area contributed by atoms with E-state index in [-0.39, 0.29) is 0 Å². The molecule has 0 radical (unpaired) electrons. The van der Waals surface area contributed by atoms with Gasteiger partial charge in [-0.1, -0.05) is 18.2 Å². The van der Waals surface area contributed by atoms with Crippen LogP contribution < -0.4 is 10.6 Å². The molecular formula is C19H26N2S. The van der Waals surface area contributed by atoms with E-state index in [4.69, 9.17) is 12.2 Å². The summed E-state index contributed by atoms with van der Waals surface area (Å²) in [5, 5.41) is 7.62. The summed E-state index contributed by atoms with van der Waals surface area (Å²) in [7, 11) is 0. The average molecular weight is 314 g/mol. The first-order chi connectivity index (χ1) is 10.7. The molecule has 4 saturated carbocycles. The van der Waals surface area contributed by atoms with Gasteiger partial charge in [0, 0.05) is 12.2 Å². The van der Waals surface area contributed by atoms with Crippen LogP contribution in [-0.2, 0) is 0 Å². The van der Waals surface area contributed by atoms with Crippen LogP contribution in [0.3, 0.4) is 0 Å². The van der Waals surface area contributed by atoms with Crippen LogP contribution in [0.15, 0.2) is 30.3 Å². The number of fused-ring (bicyclic) bond motifs is 1. The number of hydrogen-bond acceptors (Lipinski definition) is 1. The Balaban J connectivity index is 1.37. The number of anilines is 1. The minimum Gasteiger partial charge on any atom is -0.362 e. The summed E-state index contributed by atoms with van der Waals surface area (Å²) >= 11 is 5.50. The lowest BCUT2D eigenvalue weighted by molar-refractivity contribution is 0.0693. The van der Waals surface area contributed by atoms with Gasteiger partial charge in [-0.2, -0.15) is 0 Å². The van der Waals surface area contributed by atoms with E-state index in [9.17, 15) is 0 Å². The highest BCUT2D eigenvalue weighted by atomic mass is 32.1. The highest BCUT2D eigenvalue weighted by Crippen LogP contribution is 2.56. The smallest absolute Gasteiger partial charge is 0.170 e. The first-order valence-electron chi connectivity index (χ1n) is 8.81. The highest BCUT2D eigenvalue weighted by Gasteiger charge is 2.47.